The Balaban J connectivity index is 1.71. The third-order valence-corrected chi connectivity index (χ3v) is 6.06. The number of rotatable bonds is 6. The number of nitro benzene ring substituents is 1. The second kappa shape index (κ2) is 8.90. The zero-order valence-electron chi connectivity index (χ0n) is 15.2. The first kappa shape index (κ1) is 20.6. The highest BCUT2D eigenvalue weighted by Crippen LogP contribution is 2.18. The Hall–Kier alpha value is -3.15. The maximum Gasteiger partial charge on any atom is 0.271 e. The number of nitro groups is 1. The molecule has 11 heteroatoms. The lowest BCUT2D eigenvalue weighted by Crippen LogP contribution is -2.40. The number of carbonyl (C=O) groups is 1. The highest BCUT2D eigenvalue weighted by molar-refractivity contribution is 7.89. The summed E-state index contributed by atoms with van der Waals surface area (Å²) in [5.74, 6) is -0.606. The summed E-state index contributed by atoms with van der Waals surface area (Å²) in [6, 6.07) is 11.4. The molecule has 1 fully saturated rings. The summed E-state index contributed by atoms with van der Waals surface area (Å²) in [6.07, 6.45) is 1.26. The Labute approximate surface area is 167 Å². The Morgan fingerprint density at radius 2 is 1.90 bits per heavy atom. The van der Waals surface area contributed by atoms with Crippen LogP contribution in [0.15, 0.2) is 58.5 Å². The zero-order chi connectivity index (χ0) is 20.9. The van der Waals surface area contributed by atoms with E-state index in [1.54, 1.807) is 6.07 Å². The SMILES string of the molecule is O=C(NN=Cc1cccc([N+](=O)[O-])c1)c1cccc(S(=O)(=O)N2CCOCC2)c1. The number of nitrogens with zero attached hydrogens (tertiary/aromatic N) is 3. The van der Waals surface area contributed by atoms with Crippen molar-refractivity contribution in [1.29, 1.82) is 0 Å². The van der Waals surface area contributed by atoms with Gasteiger partial charge < -0.3 is 4.74 Å². The van der Waals surface area contributed by atoms with Gasteiger partial charge >= 0.3 is 0 Å². The van der Waals surface area contributed by atoms with E-state index in [-0.39, 0.29) is 29.2 Å². The predicted octanol–water partition coefficient (Wildman–Crippen LogP) is 1.38. The molecule has 10 nitrogen and oxygen atoms in total. The largest absolute Gasteiger partial charge is 0.379 e. The Kier molecular flexibility index (Phi) is 6.32. The number of sulfonamides is 1. The molecule has 0 atom stereocenters. The van der Waals surface area contributed by atoms with E-state index >= 15 is 0 Å². The third kappa shape index (κ3) is 5.02. The van der Waals surface area contributed by atoms with E-state index < -0.39 is 20.9 Å². The molecule has 152 valence electrons. The van der Waals surface area contributed by atoms with Crippen LogP contribution in [0.3, 0.4) is 0 Å². The van der Waals surface area contributed by atoms with Crippen LogP contribution in [-0.2, 0) is 14.8 Å². The summed E-state index contributed by atoms with van der Waals surface area (Å²) in [7, 11) is -3.72. The van der Waals surface area contributed by atoms with Crippen LogP contribution in [0, 0.1) is 10.1 Å². The smallest absolute Gasteiger partial charge is 0.271 e. The van der Waals surface area contributed by atoms with Gasteiger partial charge in [-0.05, 0) is 18.2 Å². The quantitative estimate of drug-likeness (QED) is 0.428. The van der Waals surface area contributed by atoms with Crippen molar-refractivity contribution in [3.05, 3.63) is 69.8 Å². The second-order valence-corrected chi connectivity index (χ2v) is 8.03. The van der Waals surface area contributed by atoms with Gasteiger partial charge in [0.2, 0.25) is 10.0 Å². The van der Waals surface area contributed by atoms with Crippen molar-refractivity contribution in [3.63, 3.8) is 0 Å². The summed E-state index contributed by atoms with van der Waals surface area (Å²) < 4.78 is 31.9. The van der Waals surface area contributed by atoms with Crippen LogP contribution in [0.4, 0.5) is 5.69 Å². The number of benzene rings is 2. The number of nitrogens with one attached hydrogen (secondary N) is 1. The van der Waals surface area contributed by atoms with Gasteiger partial charge in [0, 0.05) is 36.3 Å². The van der Waals surface area contributed by atoms with Gasteiger partial charge in [0.1, 0.15) is 0 Å². The maximum atomic E-state index is 12.7. The minimum absolute atomic E-state index is 0.00899. The number of non-ortho nitro benzene ring substituents is 1. The fraction of sp³-hybridized carbons (Fsp3) is 0.222. The molecule has 1 heterocycles. The molecule has 1 N–H and O–H groups in total. The van der Waals surface area contributed by atoms with Gasteiger partial charge in [-0.2, -0.15) is 9.41 Å². The van der Waals surface area contributed by atoms with Crippen LogP contribution in [-0.4, -0.2) is 56.1 Å². The molecular formula is C18H18N4O6S. The van der Waals surface area contributed by atoms with Gasteiger partial charge in [0.15, 0.2) is 0 Å². The van der Waals surface area contributed by atoms with Crippen LogP contribution >= 0.6 is 0 Å². The summed E-state index contributed by atoms with van der Waals surface area (Å²) >= 11 is 0. The zero-order valence-corrected chi connectivity index (χ0v) is 16.0. The van der Waals surface area contributed by atoms with E-state index in [9.17, 15) is 23.3 Å². The van der Waals surface area contributed by atoms with Gasteiger partial charge in [-0.25, -0.2) is 13.8 Å². The summed E-state index contributed by atoms with van der Waals surface area (Å²) in [6.45, 7) is 1.16. The summed E-state index contributed by atoms with van der Waals surface area (Å²) in [4.78, 5) is 22.6. The van der Waals surface area contributed by atoms with E-state index in [1.807, 2.05) is 0 Å². The molecule has 0 aromatic heterocycles. The van der Waals surface area contributed by atoms with Gasteiger partial charge in [0.05, 0.1) is 29.2 Å². The third-order valence-electron chi connectivity index (χ3n) is 4.16. The second-order valence-electron chi connectivity index (χ2n) is 6.10. The molecule has 3 rings (SSSR count). The van der Waals surface area contributed by atoms with Crippen LogP contribution < -0.4 is 5.43 Å². The topological polar surface area (TPSA) is 131 Å². The van der Waals surface area contributed by atoms with Crippen LogP contribution in [0.2, 0.25) is 0 Å². The van der Waals surface area contributed by atoms with Crippen molar-refractivity contribution >= 4 is 27.8 Å². The highest BCUT2D eigenvalue weighted by atomic mass is 32.2. The molecule has 29 heavy (non-hydrogen) atoms. The molecule has 2 aromatic rings. The molecule has 0 bridgehead atoms. The van der Waals surface area contributed by atoms with Crippen molar-refractivity contribution in [2.45, 2.75) is 4.90 Å². The monoisotopic (exact) mass is 418 g/mol. The van der Waals surface area contributed by atoms with E-state index in [0.29, 0.717) is 18.8 Å². The van der Waals surface area contributed by atoms with Gasteiger partial charge in [-0.1, -0.05) is 18.2 Å². The molecular weight excluding hydrogens is 400 g/mol. The predicted molar refractivity (Wildman–Crippen MR) is 104 cm³/mol. The first-order valence-corrected chi connectivity index (χ1v) is 10.1. The van der Waals surface area contributed by atoms with Crippen molar-refractivity contribution in [2.75, 3.05) is 26.3 Å². The normalized spacial score (nSPS) is 15.3. The number of ether oxygens (including phenoxy) is 1. The maximum absolute atomic E-state index is 12.7. The van der Waals surface area contributed by atoms with Gasteiger partial charge in [-0.15, -0.1) is 0 Å². The molecule has 0 aliphatic carbocycles. The lowest BCUT2D eigenvalue weighted by atomic mass is 10.2. The van der Waals surface area contributed by atoms with Crippen LogP contribution in [0.25, 0.3) is 0 Å². The number of hydrogen-bond acceptors (Lipinski definition) is 7. The molecule has 1 aliphatic rings. The number of hydrogen-bond donors (Lipinski definition) is 1. The van der Waals surface area contributed by atoms with Gasteiger partial charge in [-0.3, -0.25) is 14.9 Å². The molecule has 0 spiro atoms. The average Bonchev–Trinajstić information content (AvgIpc) is 2.74. The summed E-state index contributed by atoms with van der Waals surface area (Å²) in [5.41, 5.74) is 2.74. The first-order chi connectivity index (χ1) is 13.9. The van der Waals surface area contributed by atoms with E-state index in [1.165, 1.54) is 53.0 Å². The molecule has 1 saturated heterocycles. The molecule has 0 radical (unpaired) electrons. The van der Waals surface area contributed by atoms with Crippen LogP contribution in [0.5, 0.6) is 0 Å². The van der Waals surface area contributed by atoms with Crippen LogP contribution in [0.1, 0.15) is 15.9 Å². The first-order valence-electron chi connectivity index (χ1n) is 8.64. The Morgan fingerprint density at radius 3 is 2.62 bits per heavy atom. The Bertz CT molecular complexity index is 1050. The minimum Gasteiger partial charge on any atom is -0.379 e. The van der Waals surface area contributed by atoms with Crippen molar-refractivity contribution in [3.8, 4) is 0 Å². The average molecular weight is 418 g/mol. The Morgan fingerprint density at radius 1 is 1.17 bits per heavy atom. The molecule has 1 amide bonds. The summed E-state index contributed by atoms with van der Waals surface area (Å²) in [5, 5.41) is 14.6. The lowest BCUT2D eigenvalue weighted by Gasteiger charge is -2.26. The van der Waals surface area contributed by atoms with Crippen molar-refractivity contribution in [1.82, 2.24) is 9.73 Å². The molecule has 0 unspecified atom stereocenters. The minimum atomic E-state index is -3.72. The lowest BCUT2D eigenvalue weighted by molar-refractivity contribution is -0.384. The fourth-order valence-corrected chi connectivity index (χ4v) is 4.14. The van der Waals surface area contributed by atoms with E-state index in [2.05, 4.69) is 10.5 Å². The number of morpholine rings is 1. The van der Waals surface area contributed by atoms with Crippen molar-refractivity contribution in [2.24, 2.45) is 5.10 Å². The fourth-order valence-electron chi connectivity index (χ4n) is 2.68. The number of carbonyl (C=O) groups excluding carboxylic acids is 1. The number of amides is 1. The standard InChI is InChI=1S/C18H18N4O6S/c23-18(20-19-13-14-3-1-5-16(11-14)22(24)25)15-4-2-6-17(12-15)29(26,27)21-7-9-28-10-8-21/h1-6,11-13H,7-10H2,(H,20,23). The number of hydrazone groups is 1. The molecule has 0 saturated carbocycles. The van der Waals surface area contributed by atoms with E-state index in [4.69, 9.17) is 4.74 Å². The highest BCUT2D eigenvalue weighted by Gasteiger charge is 2.26. The van der Waals surface area contributed by atoms with Gasteiger partial charge in [0.25, 0.3) is 11.6 Å². The molecule has 1 aliphatic heterocycles. The molecule has 2 aromatic carbocycles. The van der Waals surface area contributed by atoms with Crippen molar-refractivity contribution < 1.29 is 22.9 Å². The van der Waals surface area contributed by atoms with E-state index in [0.717, 1.165) is 0 Å².